The summed E-state index contributed by atoms with van der Waals surface area (Å²) in [6, 6.07) is 14.4. The van der Waals surface area contributed by atoms with Gasteiger partial charge in [-0.25, -0.2) is 0 Å². The third kappa shape index (κ3) is 2.59. The van der Waals surface area contributed by atoms with Crippen LogP contribution in [0.1, 0.15) is 28.3 Å². The zero-order chi connectivity index (χ0) is 12.4. The Hall–Kier alpha value is -1.12. The topological polar surface area (TPSA) is 26.0 Å². The van der Waals surface area contributed by atoms with Gasteiger partial charge in [0.05, 0.1) is 6.04 Å². The van der Waals surface area contributed by atoms with Crippen LogP contribution in [0.5, 0.6) is 0 Å². The lowest BCUT2D eigenvalue weighted by Crippen LogP contribution is -2.13. The van der Waals surface area contributed by atoms with E-state index in [4.69, 9.17) is 5.73 Å². The van der Waals surface area contributed by atoms with Gasteiger partial charge in [0.15, 0.2) is 0 Å². The molecule has 0 amide bonds. The molecule has 0 heterocycles. The van der Waals surface area contributed by atoms with Crippen LogP contribution in [0.4, 0.5) is 0 Å². The molecule has 0 aromatic heterocycles. The first-order valence-corrected chi connectivity index (χ1v) is 6.46. The zero-order valence-corrected chi connectivity index (χ0v) is 11.7. The van der Waals surface area contributed by atoms with Crippen LogP contribution < -0.4 is 5.73 Å². The maximum Gasteiger partial charge on any atom is 0.0554 e. The monoisotopic (exact) mass is 289 g/mol. The van der Waals surface area contributed by atoms with Crippen molar-refractivity contribution in [2.24, 2.45) is 5.73 Å². The van der Waals surface area contributed by atoms with E-state index in [9.17, 15) is 0 Å². The number of halogens is 1. The van der Waals surface area contributed by atoms with Gasteiger partial charge in [-0.15, -0.1) is 0 Å². The molecule has 0 aliphatic carbocycles. The third-order valence-electron chi connectivity index (χ3n) is 3.21. The largest absolute Gasteiger partial charge is 0.320 e. The molecule has 2 aromatic rings. The fourth-order valence-corrected chi connectivity index (χ4v) is 2.22. The van der Waals surface area contributed by atoms with E-state index in [1.807, 2.05) is 12.1 Å². The molecule has 0 radical (unpaired) electrons. The Morgan fingerprint density at radius 3 is 2.29 bits per heavy atom. The standard InChI is InChI=1S/C15H16BrN/c1-10-4-3-5-14(11(10)2)15(17)12-6-8-13(16)9-7-12/h3-9,15H,17H2,1-2H3. The van der Waals surface area contributed by atoms with Gasteiger partial charge >= 0.3 is 0 Å². The molecule has 1 atom stereocenters. The van der Waals surface area contributed by atoms with Crippen LogP contribution in [-0.2, 0) is 0 Å². The van der Waals surface area contributed by atoms with Crippen LogP contribution >= 0.6 is 15.9 Å². The van der Waals surface area contributed by atoms with Crippen molar-refractivity contribution in [3.05, 3.63) is 69.2 Å². The van der Waals surface area contributed by atoms with E-state index in [-0.39, 0.29) is 6.04 Å². The number of aryl methyl sites for hydroxylation is 1. The van der Waals surface area contributed by atoms with Gasteiger partial charge in [-0.05, 0) is 48.2 Å². The molecular weight excluding hydrogens is 274 g/mol. The molecular formula is C15H16BrN. The Morgan fingerprint density at radius 1 is 1.00 bits per heavy atom. The molecule has 0 fully saturated rings. The number of rotatable bonds is 2. The van der Waals surface area contributed by atoms with Crippen LogP contribution in [0, 0.1) is 13.8 Å². The van der Waals surface area contributed by atoms with Crippen LogP contribution in [0.15, 0.2) is 46.9 Å². The predicted molar refractivity (Wildman–Crippen MR) is 76.1 cm³/mol. The Morgan fingerprint density at radius 2 is 1.65 bits per heavy atom. The Labute approximate surface area is 111 Å². The predicted octanol–water partition coefficient (Wildman–Crippen LogP) is 4.11. The molecule has 1 nitrogen and oxygen atoms in total. The quantitative estimate of drug-likeness (QED) is 0.884. The van der Waals surface area contributed by atoms with Crippen molar-refractivity contribution in [1.29, 1.82) is 0 Å². The minimum atomic E-state index is -0.0528. The van der Waals surface area contributed by atoms with Crippen molar-refractivity contribution in [2.45, 2.75) is 19.9 Å². The molecule has 1 unspecified atom stereocenters. The summed E-state index contributed by atoms with van der Waals surface area (Å²) in [6.07, 6.45) is 0. The first-order chi connectivity index (χ1) is 8.09. The second-order valence-corrected chi connectivity index (χ2v) is 5.23. The van der Waals surface area contributed by atoms with Crippen LogP contribution in [-0.4, -0.2) is 0 Å². The minimum Gasteiger partial charge on any atom is -0.320 e. The van der Waals surface area contributed by atoms with Gasteiger partial charge in [0, 0.05) is 4.47 Å². The Kier molecular flexibility index (Phi) is 3.65. The lowest BCUT2D eigenvalue weighted by Gasteiger charge is -2.16. The number of benzene rings is 2. The van der Waals surface area contributed by atoms with Gasteiger partial charge in [-0.2, -0.15) is 0 Å². The van der Waals surface area contributed by atoms with Gasteiger partial charge in [0.2, 0.25) is 0 Å². The fraction of sp³-hybridized carbons (Fsp3) is 0.200. The van der Waals surface area contributed by atoms with Gasteiger partial charge in [-0.3, -0.25) is 0 Å². The molecule has 0 bridgehead atoms. The average Bonchev–Trinajstić information content (AvgIpc) is 2.33. The first kappa shape index (κ1) is 12.3. The molecule has 0 spiro atoms. The number of nitrogens with two attached hydrogens (primary N) is 1. The van der Waals surface area contributed by atoms with Crippen molar-refractivity contribution < 1.29 is 0 Å². The van der Waals surface area contributed by atoms with Crippen molar-refractivity contribution in [3.8, 4) is 0 Å². The summed E-state index contributed by atoms with van der Waals surface area (Å²) in [4.78, 5) is 0. The molecule has 17 heavy (non-hydrogen) atoms. The normalized spacial score (nSPS) is 12.5. The minimum absolute atomic E-state index is 0.0528. The highest BCUT2D eigenvalue weighted by atomic mass is 79.9. The average molecular weight is 290 g/mol. The van der Waals surface area contributed by atoms with E-state index in [2.05, 4.69) is 60.1 Å². The summed E-state index contributed by atoms with van der Waals surface area (Å²) in [5, 5.41) is 0. The summed E-state index contributed by atoms with van der Waals surface area (Å²) in [5.41, 5.74) is 11.2. The Balaban J connectivity index is 2.40. The summed E-state index contributed by atoms with van der Waals surface area (Å²) >= 11 is 3.44. The van der Waals surface area contributed by atoms with E-state index >= 15 is 0 Å². The highest BCUT2D eigenvalue weighted by molar-refractivity contribution is 9.10. The smallest absolute Gasteiger partial charge is 0.0554 e. The second-order valence-electron chi connectivity index (χ2n) is 4.32. The van der Waals surface area contributed by atoms with E-state index in [0.29, 0.717) is 0 Å². The molecule has 2 N–H and O–H groups in total. The molecule has 0 saturated heterocycles. The van der Waals surface area contributed by atoms with E-state index in [1.165, 1.54) is 16.7 Å². The zero-order valence-electron chi connectivity index (χ0n) is 10.1. The lowest BCUT2D eigenvalue weighted by molar-refractivity contribution is 0.858. The SMILES string of the molecule is Cc1cccc(C(N)c2ccc(Br)cc2)c1C. The van der Waals surface area contributed by atoms with E-state index in [1.54, 1.807) is 0 Å². The molecule has 2 rings (SSSR count). The van der Waals surface area contributed by atoms with Gasteiger partial charge < -0.3 is 5.73 Å². The molecule has 0 saturated carbocycles. The highest BCUT2D eigenvalue weighted by Gasteiger charge is 2.11. The first-order valence-electron chi connectivity index (χ1n) is 5.67. The summed E-state index contributed by atoms with van der Waals surface area (Å²) in [5.74, 6) is 0. The summed E-state index contributed by atoms with van der Waals surface area (Å²) < 4.78 is 1.08. The van der Waals surface area contributed by atoms with Gasteiger partial charge in [0.1, 0.15) is 0 Å². The number of hydrogen-bond acceptors (Lipinski definition) is 1. The van der Waals surface area contributed by atoms with Crippen molar-refractivity contribution in [2.75, 3.05) is 0 Å². The summed E-state index contributed by atoms with van der Waals surface area (Å²) in [6.45, 7) is 4.25. The van der Waals surface area contributed by atoms with Gasteiger partial charge in [0.25, 0.3) is 0 Å². The van der Waals surface area contributed by atoms with E-state index < -0.39 is 0 Å². The van der Waals surface area contributed by atoms with Crippen LogP contribution in [0.25, 0.3) is 0 Å². The highest BCUT2D eigenvalue weighted by Crippen LogP contribution is 2.25. The van der Waals surface area contributed by atoms with Crippen molar-refractivity contribution in [3.63, 3.8) is 0 Å². The lowest BCUT2D eigenvalue weighted by atomic mass is 9.93. The van der Waals surface area contributed by atoms with Gasteiger partial charge in [-0.1, -0.05) is 46.3 Å². The molecule has 0 aliphatic heterocycles. The van der Waals surface area contributed by atoms with Crippen LogP contribution in [0.2, 0.25) is 0 Å². The maximum absolute atomic E-state index is 6.32. The second kappa shape index (κ2) is 5.03. The molecule has 0 aliphatic rings. The number of hydrogen-bond donors (Lipinski definition) is 1. The molecule has 2 aromatic carbocycles. The van der Waals surface area contributed by atoms with Crippen LogP contribution in [0.3, 0.4) is 0 Å². The fourth-order valence-electron chi connectivity index (χ4n) is 1.96. The Bertz CT molecular complexity index is 517. The van der Waals surface area contributed by atoms with E-state index in [0.717, 1.165) is 10.0 Å². The third-order valence-corrected chi connectivity index (χ3v) is 3.74. The summed E-state index contributed by atoms with van der Waals surface area (Å²) in [7, 11) is 0. The van der Waals surface area contributed by atoms with Crippen molar-refractivity contribution in [1.82, 2.24) is 0 Å². The molecule has 88 valence electrons. The van der Waals surface area contributed by atoms with Crippen molar-refractivity contribution >= 4 is 15.9 Å². The molecule has 2 heteroatoms. The maximum atomic E-state index is 6.32.